The Morgan fingerprint density at radius 3 is 1.35 bits per heavy atom. The van der Waals surface area contributed by atoms with Crippen molar-refractivity contribution in [1.82, 2.24) is 0 Å². The van der Waals surface area contributed by atoms with Crippen LogP contribution in [-0.4, -0.2) is 0 Å². The van der Waals surface area contributed by atoms with E-state index in [4.69, 9.17) is 0 Å². The first-order valence-electron chi connectivity index (χ1n) is 8.07. The molecule has 0 fully saturated rings. The molecule has 0 bridgehead atoms. The summed E-state index contributed by atoms with van der Waals surface area (Å²) in [6.45, 7) is 0. The lowest BCUT2D eigenvalue weighted by atomic mass is 9.81. The molecule has 0 spiro atoms. The quantitative estimate of drug-likeness (QED) is 0.622. The molecule has 0 amide bonds. The number of hydrogen-bond acceptors (Lipinski definition) is 0. The van der Waals surface area contributed by atoms with Crippen molar-refractivity contribution in [2.45, 2.75) is 0 Å². The Labute approximate surface area is 120 Å². The Morgan fingerprint density at radius 2 is 0.850 bits per heavy atom. The van der Waals surface area contributed by atoms with Crippen LogP contribution in [0.5, 0.6) is 0 Å². The molecular formula is C20H18. The summed E-state index contributed by atoms with van der Waals surface area (Å²) >= 11 is 0. The molecule has 0 heteroatoms. The largest absolute Gasteiger partial charge is 0.0807 e. The monoisotopic (exact) mass is 258 g/mol. The van der Waals surface area contributed by atoms with Crippen molar-refractivity contribution >= 4 is 0 Å². The highest BCUT2D eigenvalue weighted by Gasteiger charge is 2.50. The van der Waals surface area contributed by atoms with Crippen LogP contribution < -0.4 is 0 Å². The number of rotatable bonds is 1. The van der Waals surface area contributed by atoms with Crippen molar-refractivity contribution in [2.75, 3.05) is 0 Å². The lowest BCUT2D eigenvalue weighted by Gasteiger charge is -2.22. The molecule has 0 saturated carbocycles. The van der Waals surface area contributed by atoms with Gasteiger partial charge in [-0.1, -0.05) is 60.8 Å². The molecule has 0 saturated heterocycles. The minimum atomic E-state index is 0.696. The minimum Gasteiger partial charge on any atom is -0.0807 e. The van der Waals surface area contributed by atoms with Gasteiger partial charge in [0.25, 0.3) is 0 Å². The summed E-state index contributed by atoms with van der Waals surface area (Å²) in [6.07, 6.45) is 24.8. The highest BCUT2D eigenvalue weighted by atomic mass is 14.5. The van der Waals surface area contributed by atoms with Crippen molar-refractivity contribution in [3.63, 3.8) is 0 Å². The third kappa shape index (κ3) is 1.01. The summed E-state index contributed by atoms with van der Waals surface area (Å²) in [5.74, 6) is 5.87. The molecule has 98 valence electrons. The second kappa shape index (κ2) is 3.19. The molecule has 0 aliphatic heterocycles. The fraction of sp³-hybridized carbons (Fsp3) is 0.400. The van der Waals surface area contributed by atoms with Crippen LogP contribution in [0.15, 0.2) is 71.9 Å². The van der Waals surface area contributed by atoms with Crippen molar-refractivity contribution < 1.29 is 0 Å². The summed E-state index contributed by atoms with van der Waals surface area (Å²) in [5, 5.41) is 0. The van der Waals surface area contributed by atoms with E-state index in [1.807, 2.05) is 0 Å². The Bertz CT molecular complexity index is 621. The molecule has 6 aliphatic carbocycles. The lowest BCUT2D eigenvalue weighted by molar-refractivity contribution is 0.398. The van der Waals surface area contributed by atoms with E-state index in [1.165, 1.54) is 0 Å². The van der Waals surface area contributed by atoms with Gasteiger partial charge in [0.1, 0.15) is 0 Å². The van der Waals surface area contributed by atoms with Crippen LogP contribution in [0.3, 0.4) is 0 Å². The van der Waals surface area contributed by atoms with Crippen LogP contribution in [0.2, 0.25) is 0 Å². The van der Waals surface area contributed by atoms with Gasteiger partial charge in [-0.15, -0.1) is 0 Å². The summed E-state index contributed by atoms with van der Waals surface area (Å²) in [6, 6.07) is 0. The van der Waals surface area contributed by atoms with E-state index in [0.29, 0.717) is 35.5 Å². The predicted molar refractivity (Wildman–Crippen MR) is 80.6 cm³/mol. The molecular weight excluding hydrogens is 240 g/mol. The van der Waals surface area contributed by atoms with Crippen molar-refractivity contribution in [2.24, 2.45) is 47.3 Å². The zero-order chi connectivity index (χ0) is 12.8. The van der Waals surface area contributed by atoms with Gasteiger partial charge in [0.15, 0.2) is 0 Å². The van der Waals surface area contributed by atoms with E-state index in [1.54, 1.807) is 11.1 Å². The minimum absolute atomic E-state index is 0.696. The standard InChI is InChI=1S/C20H18/c1-3-13-9-17(15-7-5-11(1)19(13)15)18-10-14-4-2-12-6-8-16(18)20(12)14/h1-16,19-20H/t11-,12-,13-,14-,15-,16+,19+,20+/m0/s1. The Morgan fingerprint density at radius 1 is 0.450 bits per heavy atom. The van der Waals surface area contributed by atoms with Gasteiger partial charge in [-0.25, -0.2) is 0 Å². The molecule has 0 heterocycles. The third-order valence-electron chi connectivity index (χ3n) is 6.60. The van der Waals surface area contributed by atoms with Gasteiger partial charge < -0.3 is 0 Å². The van der Waals surface area contributed by atoms with E-state index in [0.717, 1.165) is 11.8 Å². The average molecular weight is 258 g/mol. The fourth-order valence-corrected chi connectivity index (χ4v) is 5.80. The zero-order valence-electron chi connectivity index (χ0n) is 11.4. The fourth-order valence-electron chi connectivity index (χ4n) is 5.80. The van der Waals surface area contributed by atoms with Crippen molar-refractivity contribution in [3.8, 4) is 0 Å². The topological polar surface area (TPSA) is 0 Å². The van der Waals surface area contributed by atoms with Crippen LogP contribution in [0, 0.1) is 47.3 Å². The average Bonchev–Trinajstić information content (AvgIpc) is 3.18. The Balaban J connectivity index is 1.47. The molecule has 0 aromatic carbocycles. The maximum Gasteiger partial charge on any atom is 0.00636 e. The number of allylic oxidation sites excluding steroid dienone is 12. The van der Waals surface area contributed by atoms with Crippen LogP contribution in [-0.2, 0) is 0 Å². The highest BCUT2D eigenvalue weighted by molar-refractivity contribution is 5.53. The number of hydrogen-bond donors (Lipinski definition) is 0. The van der Waals surface area contributed by atoms with E-state index in [2.05, 4.69) is 60.8 Å². The molecule has 0 N–H and O–H groups in total. The van der Waals surface area contributed by atoms with Crippen LogP contribution in [0.1, 0.15) is 0 Å². The molecule has 20 heavy (non-hydrogen) atoms. The first kappa shape index (κ1) is 10.2. The van der Waals surface area contributed by atoms with Crippen molar-refractivity contribution in [3.05, 3.63) is 71.9 Å². The Kier molecular flexibility index (Phi) is 1.63. The van der Waals surface area contributed by atoms with Crippen LogP contribution in [0.25, 0.3) is 0 Å². The Hall–Kier alpha value is -1.56. The van der Waals surface area contributed by atoms with E-state index in [9.17, 15) is 0 Å². The first-order chi connectivity index (χ1) is 9.90. The maximum absolute atomic E-state index is 2.59. The van der Waals surface area contributed by atoms with E-state index >= 15 is 0 Å². The van der Waals surface area contributed by atoms with E-state index < -0.39 is 0 Å². The lowest BCUT2D eigenvalue weighted by Crippen LogP contribution is -2.16. The SMILES string of the molecule is C1=C[C@H]2C=C(C3=C[C@@H]4C=C[C@H]5C=C[C@@H]3[C@H]54)[C@H]3C=C[C@H]1[C@H]23. The van der Waals surface area contributed by atoms with Crippen LogP contribution >= 0.6 is 0 Å². The summed E-state index contributed by atoms with van der Waals surface area (Å²) in [5.41, 5.74) is 3.34. The van der Waals surface area contributed by atoms with Gasteiger partial charge in [-0.3, -0.25) is 0 Å². The highest BCUT2D eigenvalue weighted by Crippen LogP contribution is 2.59. The van der Waals surface area contributed by atoms with Gasteiger partial charge in [-0.2, -0.15) is 0 Å². The molecule has 6 rings (SSSR count). The van der Waals surface area contributed by atoms with E-state index in [-0.39, 0.29) is 0 Å². The third-order valence-corrected chi connectivity index (χ3v) is 6.60. The van der Waals surface area contributed by atoms with Gasteiger partial charge in [0.2, 0.25) is 0 Å². The summed E-state index contributed by atoms with van der Waals surface area (Å²) in [4.78, 5) is 0. The van der Waals surface area contributed by atoms with Gasteiger partial charge in [0, 0.05) is 11.8 Å². The second-order valence-corrected chi connectivity index (χ2v) is 7.30. The molecule has 0 aromatic heterocycles. The molecule has 6 aliphatic rings. The molecule has 0 nitrogen and oxygen atoms in total. The molecule has 0 unspecified atom stereocenters. The maximum atomic E-state index is 2.59. The molecule has 0 radical (unpaired) electrons. The molecule has 8 atom stereocenters. The zero-order valence-corrected chi connectivity index (χ0v) is 11.4. The first-order valence-corrected chi connectivity index (χ1v) is 8.07. The smallest absolute Gasteiger partial charge is 0.00636 e. The second-order valence-electron chi connectivity index (χ2n) is 7.30. The summed E-state index contributed by atoms with van der Waals surface area (Å²) in [7, 11) is 0. The summed E-state index contributed by atoms with van der Waals surface area (Å²) < 4.78 is 0. The predicted octanol–water partition coefficient (Wildman–Crippen LogP) is 4.08. The normalized spacial score (nSPS) is 54.8. The van der Waals surface area contributed by atoms with Gasteiger partial charge in [0.05, 0.1) is 0 Å². The van der Waals surface area contributed by atoms with Crippen LogP contribution in [0.4, 0.5) is 0 Å². The van der Waals surface area contributed by atoms with Gasteiger partial charge in [-0.05, 0) is 46.7 Å². The van der Waals surface area contributed by atoms with Gasteiger partial charge >= 0.3 is 0 Å². The molecule has 0 aromatic rings. The van der Waals surface area contributed by atoms with Crippen molar-refractivity contribution in [1.29, 1.82) is 0 Å².